The van der Waals surface area contributed by atoms with Gasteiger partial charge in [0.05, 0.1) is 11.6 Å². The molecule has 2 aromatic carbocycles. The van der Waals surface area contributed by atoms with Gasteiger partial charge in [-0.05, 0) is 35.4 Å². The monoisotopic (exact) mass is 376 g/mol. The lowest BCUT2D eigenvalue weighted by Crippen LogP contribution is -2.34. The summed E-state index contributed by atoms with van der Waals surface area (Å²) in [5, 5.41) is 15.6. The third kappa shape index (κ3) is 3.31. The molecule has 0 bridgehead atoms. The highest BCUT2D eigenvalue weighted by Crippen LogP contribution is 2.40. The summed E-state index contributed by atoms with van der Waals surface area (Å²) in [5.41, 5.74) is 4.51. The van der Waals surface area contributed by atoms with Gasteiger partial charge < -0.3 is 10.8 Å². The van der Waals surface area contributed by atoms with Crippen molar-refractivity contribution in [3.05, 3.63) is 83.4 Å². The number of rotatable bonds is 5. The third-order valence-corrected chi connectivity index (χ3v) is 4.36. The molecular formula is C18H15ClF2N4O. The Bertz CT molecular complexity index is 962. The lowest BCUT2D eigenvalue weighted by molar-refractivity contribution is 0.0726. The molecular weight excluding hydrogens is 362 g/mol. The summed E-state index contributed by atoms with van der Waals surface area (Å²) in [6.45, 7) is 3.71. The fourth-order valence-electron chi connectivity index (χ4n) is 2.72. The summed E-state index contributed by atoms with van der Waals surface area (Å²) in [5.74, 6) is -1.68. The first-order valence-electron chi connectivity index (χ1n) is 7.56. The zero-order valence-corrected chi connectivity index (χ0v) is 14.3. The van der Waals surface area contributed by atoms with Crippen molar-refractivity contribution in [1.82, 2.24) is 14.8 Å². The maximum atomic E-state index is 14.5. The number of hydrogen-bond donors (Lipinski definition) is 2. The minimum atomic E-state index is -1.95. The van der Waals surface area contributed by atoms with E-state index >= 15 is 0 Å². The van der Waals surface area contributed by atoms with Crippen LogP contribution >= 0.6 is 11.6 Å². The van der Waals surface area contributed by atoms with Crippen LogP contribution in [0.3, 0.4) is 0 Å². The predicted molar refractivity (Wildman–Crippen MR) is 95.2 cm³/mol. The fraction of sp³-hybridized carbons (Fsp3) is 0.111. The van der Waals surface area contributed by atoms with Crippen LogP contribution in [0.5, 0.6) is 0 Å². The average Bonchev–Trinajstić information content (AvgIpc) is 3.06. The highest BCUT2D eigenvalue weighted by Gasteiger charge is 2.37. The van der Waals surface area contributed by atoms with E-state index in [4.69, 9.17) is 17.3 Å². The van der Waals surface area contributed by atoms with Gasteiger partial charge in [0.25, 0.3) is 0 Å². The molecule has 0 radical (unpaired) electrons. The minimum absolute atomic E-state index is 0.114. The van der Waals surface area contributed by atoms with Gasteiger partial charge in [0.2, 0.25) is 0 Å². The van der Waals surface area contributed by atoms with Crippen molar-refractivity contribution in [2.24, 2.45) is 0 Å². The van der Waals surface area contributed by atoms with Crippen LogP contribution in [0.1, 0.15) is 11.1 Å². The van der Waals surface area contributed by atoms with Crippen molar-refractivity contribution in [2.75, 3.05) is 5.73 Å². The molecule has 0 fully saturated rings. The number of nitrogen functional groups attached to an aromatic ring is 1. The minimum Gasteiger partial charge on any atom is -0.399 e. The number of aliphatic hydroxyl groups is 1. The lowest BCUT2D eigenvalue weighted by Gasteiger charge is -2.31. The standard InChI is InChI=1S/C18H15ClF2N4O/c1-11(14-4-3-13(22)7-16(14)19)18(26,8-25-10-23-9-24-25)15-5-2-12(20)6-17(15)21/h2-7,9-10,26H,1,8,22H2. The Balaban J connectivity index is 2.15. The number of anilines is 1. The first-order chi connectivity index (χ1) is 12.3. The van der Waals surface area contributed by atoms with Crippen LogP contribution in [0.15, 0.2) is 55.6 Å². The van der Waals surface area contributed by atoms with E-state index in [0.29, 0.717) is 17.3 Å². The highest BCUT2D eigenvalue weighted by atomic mass is 35.5. The van der Waals surface area contributed by atoms with Gasteiger partial charge in [-0.3, -0.25) is 0 Å². The van der Waals surface area contributed by atoms with Crippen molar-refractivity contribution in [2.45, 2.75) is 12.1 Å². The van der Waals surface area contributed by atoms with Crippen molar-refractivity contribution in [3.63, 3.8) is 0 Å². The summed E-state index contributed by atoms with van der Waals surface area (Å²) in [6.07, 6.45) is 2.64. The van der Waals surface area contributed by atoms with Gasteiger partial charge >= 0.3 is 0 Å². The first kappa shape index (κ1) is 18.0. The molecule has 8 heteroatoms. The van der Waals surface area contributed by atoms with E-state index in [0.717, 1.165) is 12.1 Å². The number of benzene rings is 2. The SMILES string of the molecule is C=C(c1ccc(N)cc1Cl)C(O)(Cn1cncn1)c1ccc(F)cc1F. The molecule has 0 saturated carbocycles. The highest BCUT2D eigenvalue weighted by molar-refractivity contribution is 6.32. The summed E-state index contributed by atoms with van der Waals surface area (Å²) >= 11 is 6.22. The van der Waals surface area contributed by atoms with Gasteiger partial charge in [0, 0.05) is 17.3 Å². The molecule has 134 valence electrons. The quantitative estimate of drug-likeness (QED) is 0.669. The maximum absolute atomic E-state index is 14.5. The Hall–Kier alpha value is -2.77. The van der Waals surface area contributed by atoms with Gasteiger partial charge in [0.15, 0.2) is 0 Å². The van der Waals surface area contributed by atoms with Crippen LogP contribution in [0.25, 0.3) is 5.57 Å². The maximum Gasteiger partial charge on any atom is 0.137 e. The topological polar surface area (TPSA) is 77.0 Å². The van der Waals surface area contributed by atoms with Gasteiger partial charge in [-0.1, -0.05) is 24.2 Å². The number of halogens is 3. The van der Waals surface area contributed by atoms with Crippen LogP contribution in [-0.4, -0.2) is 19.9 Å². The number of aromatic nitrogens is 3. The molecule has 1 atom stereocenters. The van der Waals surface area contributed by atoms with E-state index < -0.39 is 17.2 Å². The molecule has 5 nitrogen and oxygen atoms in total. The largest absolute Gasteiger partial charge is 0.399 e. The lowest BCUT2D eigenvalue weighted by atomic mass is 9.82. The Labute approximate surface area is 153 Å². The third-order valence-electron chi connectivity index (χ3n) is 4.05. The summed E-state index contributed by atoms with van der Waals surface area (Å²) in [6, 6.07) is 7.58. The van der Waals surface area contributed by atoms with Crippen molar-refractivity contribution >= 4 is 22.9 Å². The second kappa shape index (κ2) is 6.86. The van der Waals surface area contributed by atoms with E-state index in [1.54, 1.807) is 12.1 Å². The molecule has 0 aliphatic heterocycles. The smallest absolute Gasteiger partial charge is 0.137 e. The van der Waals surface area contributed by atoms with Gasteiger partial charge in [-0.25, -0.2) is 18.4 Å². The Morgan fingerprint density at radius 1 is 1.27 bits per heavy atom. The summed E-state index contributed by atoms with van der Waals surface area (Å²) in [4.78, 5) is 3.81. The molecule has 0 aliphatic carbocycles. The van der Waals surface area contributed by atoms with E-state index in [1.807, 2.05) is 0 Å². The van der Waals surface area contributed by atoms with Gasteiger partial charge in [-0.15, -0.1) is 0 Å². The molecule has 1 aromatic heterocycles. The zero-order chi connectivity index (χ0) is 18.9. The number of hydrogen-bond acceptors (Lipinski definition) is 4. The fourth-order valence-corrected chi connectivity index (χ4v) is 3.02. The summed E-state index contributed by atoms with van der Waals surface area (Å²) in [7, 11) is 0. The Morgan fingerprint density at radius 3 is 2.65 bits per heavy atom. The molecule has 1 heterocycles. The van der Waals surface area contributed by atoms with E-state index in [2.05, 4.69) is 16.7 Å². The predicted octanol–water partition coefficient (Wildman–Crippen LogP) is 3.39. The molecule has 0 amide bonds. The summed E-state index contributed by atoms with van der Waals surface area (Å²) < 4.78 is 29.1. The molecule has 3 N–H and O–H groups in total. The van der Waals surface area contributed by atoms with E-state index in [9.17, 15) is 13.9 Å². The number of nitrogens with zero attached hydrogens (tertiary/aromatic N) is 3. The molecule has 3 rings (SSSR count). The van der Waals surface area contributed by atoms with Crippen molar-refractivity contribution < 1.29 is 13.9 Å². The second-order valence-corrected chi connectivity index (χ2v) is 6.20. The van der Waals surface area contributed by atoms with Crippen LogP contribution in [0.2, 0.25) is 5.02 Å². The molecule has 26 heavy (non-hydrogen) atoms. The van der Waals surface area contributed by atoms with E-state index in [-0.39, 0.29) is 22.7 Å². The van der Waals surface area contributed by atoms with Crippen molar-refractivity contribution in [1.29, 1.82) is 0 Å². The second-order valence-electron chi connectivity index (χ2n) is 5.80. The Morgan fingerprint density at radius 2 is 2.04 bits per heavy atom. The normalized spacial score (nSPS) is 13.4. The van der Waals surface area contributed by atoms with Crippen molar-refractivity contribution in [3.8, 4) is 0 Å². The molecule has 0 saturated heterocycles. The average molecular weight is 377 g/mol. The van der Waals surface area contributed by atoms with Gasteiger partial charge in [-0.2, -0.15) is 5.10 Å². The van der Waals surface area contributed by atoms with Crippen LogP contribution < -0.4 is 5.73 Å². The van der Waals surface area contributed by atoms with E-state index in [1.165, 1.54) is 23.4 Å². The Kier molecular flexibility index (Phi) is 4.76. The van der Waals surface area contributed by atoms with Crippen LogP contribution in [0, 0.1) is 11.6 Å². The zero-order valence-electron chi connectivity index (χ0n) is 13.5. The van der Waals surface area contributed by atoms with Crippen LogP contribution in [0.4, 0.5) is 14.5 Å². The first-order valence-corrected chi connectivity index (χ1v) is 7.94. The molecule has 3 aromatic rings. The molecule has 0 spiro atoms. The van der Waals surface area contributed by atoms with Crippen LogP contribution in [-0.2, 0) is 12.1 Å². The molecule has 1 unspecified atom stereocenters. The number of nitrogens with two attached hydrogens (primary N) is 1. The van der Waals surface area contributed by atoms with Gasteiger partial charge in [0.1, 0.15) is 29.9 Å². The molecule has 0 aliphatic rings.